The fraction of sp³-hybridized carbons (Fsp3) is 0.704. The van der Waals surface area contributed by atoms with Crippen LogP contribution in [0.4, 0.5) is 0 Å². The lowest BCUT2D eigenvalue weighted by molar-refractivity contribution is -0.141. The summed E-state index contributed by atoms with van der Waals surface area (Å²) in [6.07, 6.45) is 7.91. The molecular weight excluding hydrogens is 430 g/mol. The van der Waals surface area contributed by atoms with E-state index in [2.05, 4.69) is 29.4 Å². The van der Waals surface area contributed by atoms with Crippen molar-refractivity contribution in [3.05, 3.63) is 35.9 Å². The van der Waals surface area contributed by atoms with Crippen LogP contribution in [0.1, 0.15) is 77.2 Å². The van der Waals surface area contributed by atoms with Gasteiger partial charge in [0, 0.05) is 38.2 Å². The number of aliphatic hydroxyl groups is 1. The van der Waals surface area contributed by atoms with Crippen molar-refractivity contribution in [3.63, 3.8) is 0 Å². The number of unbranched alkanes of at least 4 members (excludes halogenated alkanes) is 5. The van der Waals surface area contributed by atoms with E-state index in [1.807, 2.05) is 30.3 Å². The van der Waals surface area contributed by atoms with Gasteiger partial charge in [-0.2, -0.15) is 0 Å². The van der Waals surface area contributed by atoms with Crippen molar-refractivity contribution >= 4 is 11.8 Å². The number of benzene rings is 1. The fourth-order valence-electron chi connectivity index (χ4n) is 4.27. The zero-order valence-electron chi connectivity index (χ0n) is 21.2. The molecule has 0 aliphatic carbocycles. The number of hydrogen-bond donors (Lipinski definition) is 3. The summed E-state index contributed by atoms with van der Waals surface area (Å²) in [6.45, 7) is 8.38. The van der Waals surface area contributed by atoms with Gasteiger partial charge >= 0.3 is 0 Å². The third-order valence-corrected chi connectivity index (χ3v) is 6.53. The van der Waals surface area contributed by atoms with Gasteiger partial charge in [-0.25, -0.2) is 0 Å². The lowest BCUT2D eigenvalue weighted by atomic mass is 9.94. The summed E-state index contributed by atoms with van der Waals surface area (Å²) < 4.78 is 5.42. The first-order valence-electron chi connectivity index (χ1n) is 13.2. The Hall–Kier alpha value is -1.96. The Kier molecular flexibility index (Phi) is 13.2. The summed E-state index contributed by atoms with van der Waals surface area (Å²) >= 11 is 0. The second-order valence-electron chi connectivity index (χ2n) is 9.32. The van der Waals surface area contributed by atoms with Crippen molar-refractivity contribution in [3.8, 4) is 0 Å². The van der Waals surface area contributed by atoms with Crippen LogP contribution in [0.5, 0.6) is 0 Å². The zero-order chi connectivity index (χ0) is 24.7. The topological polar surface area (TPSA) is 90.9 Å². The zero-order valence-corrected chi connectivity index (χ0v) is 21.2. The molecule has 0 spiro atoms. The number of carbonyl (C=O) groups is 2. The summed E-state index contributed by atoms with van der Waals surface area (Å²) in [6, 6.07) is 9.23. The second-order valence-corrected chi connectivity index (χ2v) is 9.32. The van der Waals surface area contributed by atoms with Gasteiger partial charge in [-0.05, 0) is 12.8 Å². The van der Waals surface area contributed by atoms with Crippen LogP contribution < -0.4 is 10.6 Å². The lowest BCUT2D eigenvalue weighted by Crippen LogP contribution is -2.52. The van der Waals surface area contributed by atoms with E-state index in [1.54, 1.807) is 0 Å². The highest BCUT2D eigenvalue weighted by Crippen LogP contribution is 2.24. The Morgan fingerprint density at radius 1 is 1.00 bits per heavy atom. The molecule has 1 heterocycles. The maximum Gasteiger partial charge on any atom is 0.235 e. The molecule has 0 aromatic heterocycles. The Labute approximate surface area is 205 Å². The summed E-state index contributed by atoms with van der Waals surface area (Å²) in [4.78, 5) is 28.6. The Bertz CT molecular complexity index is 709. The Morgan fingerprint density at radius 2 is 1.68 bits per heavy atom. The molecule has 3 N–H and O–H groups in total. The minimum absolute atomic E-state index is 0.245. The summed E-state index contributed by atoms with van der Waals surface area (Å²) in [5, 5.41) is 17.4. The molecule has 192 valence electrons. The third-order valence-electron chi connectivity index (χ3n) is 6.53. The normalized spacial score (nSPS) is 17.0. The van der Waals surface area contributed by atoms with E-state index in [0.29, 0.717) is 44.7 Å². The molecule has 1 saturated heterocycles. The van der Waals surface area contributed by atoms with E-state index >= 15 is 0 Å². The van der Waals surface area contributed by atoms with Crippen molar-refractivity contribution < 1.29 is 19.4 Å². The minimum Gasteiger partial charge on any atom is -0.379 e. The van der Waals surface area contributed by atoms with Gasteiger partial charge in [-0.15, -0.1) is 0 Å². The van der Waals surface area contributed by atoms with Gasteiger partial charge in [0.1, 0.15) is 5.92 Å². The number of carbonyl (C=O) groups excluding carboxylic acids is 2. The molecule has 0 bridgehead atoms. The molecule has 7 heteroatoms. The first kappa shape index (κ1) is 28.3. The number of morpholine rings is 1. The molecule has 2 rings (SSSR count). The number of rotatable bonds is 16. The average molecular weight is 476 g/mol. The first-order chi connectivity index (χ1) is 16.5. The fourth-order valence-corrected chi connectivity index (χ4v) is 4.27. The number of nitrogens with zero attached hydrogens (tertiary/aromatic N) is 1. The van der Waals surface area contributed by atoms with Gasteiger partial charge in [-0.1, -0.05) is 82.7 Å². The summed E-state index contributed by atoms with van der Waals surface area (Å²) in [7, 11) is 0. The minimum atomic E-state index is -1.54. The molecule has 34 heavy (non-hydrogen) atoms. The van der Waals surface area contributed by atoms with E-state index in [1.165, 1.54) is 0 Å². The van der Waals surface area contributed by atoms with Crippen molar-refractivity contribution in [2.75, 3.05) is 39.4 Å². The predicted molar refractivity (Wildman–Crippen MR) is 135 cm³/mol. The van der Waals surface area contributed by atoms with Crippen LogP contribution in [-0.2, 0) is 20.1 Å². The Morgan fingerprint density at radius 3 is 2.35 bits per heavy atom. The van der Waals surface area contributed by atoms with Crippen LogP contribution in [-0.4, -0.2) is 61.2 Å². The number of ether oxygens (including phenoxy) is 1. The van der Waals surface area contributed by atoms with Crippen LogP contribution in [0.3, 0.4) is 0 Å². The number of amides is 2. The molecule has 0 radical (unpaired) electrons. The highest BCUT2D eigenvalue weighted by atomic mass is 16.5. The predicted octanol–water partition coefficient (Wildman–Crippen LogP) is 3.56. The molecule has 2 amide bonds. The van der Waals surface area contributed by atoms with Gasteiger partial charge in [0.15, 0.2) is 5.72 Å². The molecule has 2 atom stereocenters. The second kappa shape index (κ2) is 15.8. The molecule has 2 unspecified atom stereocenters. The molecule has 1 aromatic rings. The van der Waals surface area contributed by atoms with Crippen molar-refractivity contribution in [1.29, 1.82) is 0 Å². The Balaban J connectivity index is 2.11. The van der Waals surface area contributed by atoms with Crippen LogP contribution in [0, 0.1) is 5.92 Å². The van der Waals surface area contributed by atoms with Crippen molar-refractivity contribution in [2.24, 2.45) is 5.92 Å². The number of hydrogen-bond acceptors (Lipinski definition) is 5. The van der Waals surface area contributed by atoms with E-state index in [9.17, 15) is 14.7 Å². The van der Waals surface area contributed by atoms with E-state index in [0.717, 1.165) is 58.0 Å². The van der Waals surface area contributed by atoms with Crippen molar-refractivity contribution in [2.45, 2.75) is 77.4 Å². The number of nitrogens with one attached hydrogen (secondary N) is 2. The van der Waals surface area contributed by atoms with Gasteiger partial charge < -0.3 is 20.5 Å². The van der Waals surface area contributed by atoms with Gasteiger partial charge in [0.25, 0.3) is 0 Å². The third kappa shape index (κ3) is 9.72. The average Bonchev–Trinajstić information content (AvgIpc) is 2.86. The molecule has 1 aliphatic rings. The van der Waals surface area contributed by atoms with Crippen LogP contribution in [0.15, 0.2) is 30.3 Å². The molecular formula is C27H45N3O4. The monoisotopic (exact) mass is 475 g/mol. The maximum absolute atomic E-state index is 13.4. The highest BCUT2D eigenvalue weighted by molar-refractivity contribution is 6.00. The molecule has 0 saturated carbocycles. The lowest BCUT2D eigenvalue weighted by Gasteiger charge is -2.34. The van der Waals surface area contributed by atoms with Gasteiger partial charge in [0.2, 0.25) is 11.8 Å². The van der Waals surface area contributed by atoms with Crippen LogP contribution in [0.25, 0.3) is 0 Å². The standard InChI is InChI=1S/C27H45N3O4/c1-3-5-7-8-12-15-24(25(31)28-17-6-4-2)26(32)29-27(33,23-13-10-9-11-14-23)16-18-30-19-21-34-22-20-30/h9-11,13-14,24,33H,3-8,12,15-22H2,1-2H3,(H,28,31)(H,29,32). The molecule has 1 fully saturated rings. The summed E-state index contributed by atoms with van der Waals surface area (Å²) in [5.41, 5.74) is -0.912. The van der Waals surface area contributed by atoms with E-state index in [-0.39, 0.29) is 5.91 Å². The first-order valence-corrected chi connectivity index (χ1v) is 13.2. The van der Waals surface area contributed by atoms with E-state index < -0.39 is 17.6 Å². The van der Waals surface area contributed by atoms with Gasteiger partial charge in [-0.3, -0.25) is 14.5 Å². The maximum atomic E-state index is 13.4. The summed E-state index contributed by atoms with van der Waals surface area (Å²) in [5.74, 6) is -1.46. The van der Waals surface area contributed by atoms with Crippen LogP contribution in [0.2, 0.25) is 0 Å². The van der Waals surface area contributed by atoms with Crippen molar-refractivity contribution in [1.82, 2.24) is 15.5 Å². The molecule has 1 aromatic carbocycles. The molecule has 7 nitrogen and oxygen atoms in total. The highest BCUT2D eigenvalue weighted by Gasteiger charge is 2.36. The SMILES string of the molecule is CCCCCCCC(C(=O)NCCCC)C(=O)NC(O)(CCN1CCOCC1)c1ccccc1. The van der Waals surface area contributed by atoms with Gasteiger partial charge in [0.05, 0.1) is 13.2 Å². The van der Waals surface area contributed by atoms with E-state index in [4.69, 9.17) is 4.74 Å². The molecule has 1 aliphatic heterocycles. The smallest absolute Gasteiger partial charge is 0.235 e. The quantitative estimate of drug-likeness (QED) is 0.193. The van der Waals surface area contributed by atoms with Crippen LogP contribution >= 0.6 is 0 Å². The largest absolute Gasteiger partial charge is 0.379 e.